The average molecular weight is 182 g/mol. The molecule has 0 spiro atoms. The van der Waals surface area contributed by atoms with Crippen LogP contribution in [0.1, 0.15) is 4.88 Å². The lowest BCUT2D eigenvalue weighted by Crippen LogP contribution is -2.09. The van der Waals surface area contributed by atoms with Crippen molar-refractivity contribution in [3.8, 4) is 11.8 Å². The van der Waals surface area contributed by atoms with Crippen molar-refractivity contribution in [2.24, 2.45) is 0 Å². The van der Waals surface area contributed by atoms with Gasteiger partial charge in [-0.2, -0.15) is 0 Å². The second kappa shape index (κ2) is 4.94. The van der Waals surface area contributed by atoms with Crippen molar-refractivity contribution in [2.45, 2.75) is 6.29 Å². The molecule has 1 aromatic heterocycles. The summed E-state index contributed by atoms with van der Waals surface area (Å²) in [5, 5.41) is 1.98. The van der Waals surface area contributed by atoms with Gasteiger partial charge >= 0.3 is 0 Å². The van der Waals surface area contributed by atoms with Crippen LogP contribution in [0.5, 0.6) is 0 Å². The van der Waals surface area contributed by atoms with Gasteiger partial charge in [-0.15, -0.1) is 11.3 Å². The van der Waals surface area contributed by atoms with Gasteiger partial charge in [-0.05, 0) is 17.4 Å². The molecule has 1 heterocycles. The first-order chi connectivity index (χ1) is 5.86. The lowest BCUT2D eigenvalue weighted by Gasteiger charge is -2.03. The van der Waals surface area contributed by atoms with Crippen LogP contribution in [0.4, 0.5) is 0 Å². The summed E-state index contributed by atoms with van der Waals surface area (Å²) in [6.07, 6.45) is -0.424. The van der Waals surface area contributed by atoms with Gasteiger partial charge in [0.1, 0.15) is 0 Å². The Morgan fingerprint density at radius 2 is 2.17 bits per heavy atom. The van der Waals surface area contributed by atoms with E-state index in [0.717, 1.165) is 4.88 Å². The van der Waals surface area contributed by atoms with E-state index in [1.165, 1.54) is 0 Å². The molecule has 0 N–H and O–H groups in total. The normalized spacial score (nSPS) is 9.58. The van der Waals surface area contributed by atoms with Crippen LogP contribution in [0.15, 0.2) is 17.5 Å². The average Bonchev–Trinajstić information content (AvgIpc) is 2.59. The molecule has 0 radical (unpaired) electrons. The lowest BCUT2D eigenvalue weighted by molar-refractivity contribution is -0.0595. The van der Waals surface area contributed by atoms with Gasteiger partial charge < -0.3 is 9.47 Å². The Morgan fingerprint density at radius 1 is 1.42 bits per heavy atom. The highest BCUT2D eigenvalue weighted by atomic mass is 32.1. The summed E-state index contributed by atoms with van der Waals surface area (Å²) >= 11 is 1.60. The molecule has 0 saturated heterocycles. The van der Waals surface area contributed by atoms with Gasteiger partial charge in [0.2, 0.25) is 6.29 Å². The first-order valence-corrected chi connectivity index (χ1v) is 4.35. The monoisotopic (exact) mass is 182 g/mol. The lowest BCUT2D eigenvalue weighted by atomic mass is 10.4. The molecule has 0 aliphatic heterocycles. The van der Waals surface area contributed by atoms with Crippen molar-refractivity contribution in [1.82, 2.24) is 0 Å². The molecule has 0 aliphatic carbocycles. The fourth-order valence-corrected chi connectivity index (χ4v) is 1.27. The highest BCUT2D eigenvalue weighted by Gasteiger charge is 1.96. The summed E-state index contributed by atoms with van der Waals surface area (Å²) in [5.74, 6) is 5.78. The molecule has 0 fully saturated rings. The Hall–Kier alpha value is -0.820. The van der Waals surface area contributed by atoms with E-state index in [1.807, 2.05) is 17.5 Å². The summed E-state index contributed by atoms with van der Waals surface area (Å²) in [6, 6.07) is 3.92. The van der Waals surface area contributed by atoms with Gasteiger partial charge in [0.05, 0.1) is 4.88 Å². The predicted octanol–water partition coefficient (Wildman–Crippen LogP) is 1.72. The standard InChI is InChI=1S/C9H10O2S/c1-10-9(11-2)6-5-8-4-3-7-12-8/h3-4,7,9H,1-2H3. The maximum absolute atomic E-state index is 4.91. The summed E-state index contributed by atoms with van der Waals surface area (Å²) in [6.45, 7) is 0. The number of rotatable bonds is 2. The minimum Gasteiger partial charge on any atom is -0.345 e. The molecule has 0 aliphatic rings. The van der Waals surface area contributed by atoms with E-state index in [4.69, 9.17) is 9.47 Å². The van der Waals surface area contributed by atoms with Gasteiger partial charge in [-0.25, -0.2) is 0 Å². The van der Waals surface area contributed by atoms with Crippen molar-refractivity contribution in [2.75, 3.05) is 14.2 Å². The third-order valence-corrected chi connectivity index (χ3v) is 2.05. The van der Waals surface area contributed by atoms with Crippen LogP contribution in [-0.4, -0.2) is 20.5 Å². The minimum absolute atomic E-state index is 0.424. The second-order valence-corrected chi connectivity index (χ2v) is 3.00. The molecule has 64 valence electrons. The molecule has 0 bridgehead atoms. The van der Waals surface area contributed by atoms with Crippen molar-refractivity contribution in [3.05, 3.63) is 22.4 Å². The van der Waals surface area contributed by atoms with E-state index in [2.05, 4.69) is 11.8 Å². The molecular formula is C9H10O2S. The largest absolute Gasteiger partial charge is 0.345 e. The Morgan fingerprint density at radius 3 is 2.67 bits per heavy atom. The Kier molecular flexibility index (Phi) is 3.81. The van der Waals surface area contributed by atoms with Crippen LogP contribution in [-0.2, 0) is 9.47 Å². The summed E-state index contributed by atoms with van der Waals surface area (Å²) in [5.41, 5.74) is 0. The SMILES string of the molecule is COC(C#Cc1cccs1)OC. The third-order valence-electron chi connectivity index (χ3n) is 1.26. The highest BCUT2D eigenvalue weighted by molar-refractivity contribution is 7.10. The van der Waals surface area contributed by atoms with E-state index >= 15 is 0 Å². The number of hydrogen-bond acceptors (Lipinski definition) is 3. The maximum Gasteiger partial charge on any atom is 0.222 e. The molecular weight excluding hydrogens is 172 g/mol. The quantitative estimate of drug-likeness (QED) is 0.512. The van der Waals surface area contributed by atoms with Crippen molar-refractivity contribution >= 4 is 11.3 Å². The summed E-state index contributed by atoms with van der Waals surface area (Å²) in [4.78, 5) is 1.02. The number of methoxy groups -OCH3 is 2. The molecule has 1 rings (SSSR count). The van der Waals surface area contributed by atoms with E-state index < -0.39 is 6.29 Å². The zero-order chi connectivity index (χ0) is 8.81. The van der Waals surface area contributed by atoms with Gasteiger partial charge in [0.15, 0.2) is 0 Å². The maximum atomic E-state index is 4.91. The Labute approximate surface area is 76.1 Å². The first-order valence-electron chi connectivity index (χ1n) is 3.47. The molecule has 2 nitrogen and oxygen atoms in total. The van der Waals surface area contributed by atoms with E-state index in [9.17, 15) is 0 Å². The number of hydrogen-bond donors (Lipinski definition) is 0. The summed E-state index contributed by atoms with van der Waals surface area (Å²) in [7, 11) is 3.13. The molecule has 3 heteroatoms. The van der Waals surface area contributed by atoms with Crippen LogP contribution in [0.3, 0.4) is 0 Å². The molecule has 0 saturated carbocycles. The van der Waals surface area contributed by atoms with E-state index in [0.29, 0.717) is 0 Å². The Bertz CT molecular complexity index is 264. The van der Waals surface area contributed by atoms with Crippen LogP contribution in [0, 0.1) is 11.8 Å². The number of thiophene rings is 1. The van der Waals surface area contributed by atoms with Gasteiger partial charge in [0, 0.05) is 14.2 Å². The molecule has 0 amide bonds. The predicted molar refractivity (Wildman–Crippen MR) is 49.0 cm³/mol. The van der Waals surface area contributed by atoms with E-state index in [-0.39, 0.29) is 0 Å². The van der Waals surface area contributed by atoms with Crippen LogP contribution in [0.25, 0.3) is 0 Å². The van der Waals surface area contributed by atoms with Gasteiger partial charge in [-0.3, -0.25) is 0 Å². The third kappa shape index (κ3) is 2.67. The van der Waals surface area contributed by atoms with Gasteiger partial charge in [0.25, 0.3) is 0 Å². The summed E-state index contributed by atoms with van der Waals surface area (Å²) < 4.78 is 9.81. The zero-order valence-corrected chi connectivity index (χ0v) is 7.85. The van der Waals surface area contributed by atoms with Crippen molar-refractivity contribution in [3.63, 3.8) is 0 Å². The van der Waals surface area contributed by atoms with Crippen LogP contribution < -0.4 is 0 Å². The molecule has 0 unspecified atom stereocenters. The minimum atomic E-state index is -0.424. The zero-order valence-electron chi connectivity index (χ0n) is 7.03. The van der Waals surface area contributed by atoms with E-state index in [1.54, 1.807) is 25.6 Å². The fraction of sp³-hybridized carbons (Fsp3) is 0.333. The fourth-order valence-electron chi connectivity index (χ4n) is 0.694. The molecule has 0 atom stereocenters. The smallest absolute Gasteiger partial charge is 0.222 e. The molecule has 0 aromatic carbocycles. The van der Waals surface area contributed by atoms with Crippen molar-refractivity contribution in [1.29, 1.82) is 0 Å². The highest BCUT2D eigenvalue weighted by Crippen LogP contribution is 2.05. The number of ether oxygens (including phenoxy) is 2. The topological polar surface area (TPSA) is 18.5 Å². The van der Waals surface area contributed by atoms with Crippen LogP contribution in [0.2, 0.25) is 0 Å². The molecule has 1 aromatic rings. The Balaban J connectivity index is 2.58. The first kappa shape index (κ1) is 9.27. The molecule has 12 heavy (non-hydrogen) atoms. The second-order valence-electron chi connectivity index (χ2n) is 2.05. The van der Waals surface area contributed by atoms with Crippen molar-refractivity contribution < 1.29 is 9.47 Å². The van der Waals surface area contributed by atoms with Gasteiger partial charge in [-0.1, -0.05) is 12.0 Å². The van der Waals surface area contributed by atoms with Crippen LogP contribution >= 0.6 is 11.3 Å².